The average molecular weight is 367 g/mol. The van der Waals surface area contributed by atoms with Gasteiger partial charge in [-0.05, 0) is 61.4 Å². The molecule has 0 bridgehead atoms. The number of hydrogen-bond acceptors (Lipinski definition) is 4. The molecule has 1 aliphatic carbocycles. The number of benzene rings is 2. The molecule has 0 saturated carbocycles. The van der Waals surface area contributed by atoms with Crippen LogP contribution < -0.4 is 11.1 Å². The molecule has 0 heterocycles. The van der Waals surface area contributed by atoms with Crippen molar-refractivity contribution in [1.29, 1.82) is 5.41 Å². The highest BCUT2D eigenvalue weighted by Crippen LogP contribution is 2.24. The van der Waals surface area contributed by atoms with Crippen LogP contribution in [0.5, 0.6) is 0 Å². The summed E-state index contributed by atoms with van der Waals surface area (Å²) in [5.41, 5.74) is 11.6. The first-order valence-corrected chi connectivity index (χ1v) is 9.42. The molecule has 1 aliphatic rings. The van der Waals surface area contributed by atoms with Crippen LogP contribution in [0.1, 0.15) is 48.9 Å². The Bertz CT molecular complexity index is 770. The monoisotopic (exact) mass is 367 g/mol. The molecular weight excluding hydrogens is 338 g/mol. The van der Waals surface area contributed by atoms with Crippen LogP contribution >= 0.6 is 0 Å². The maximum absolute atomic E-state index is 9.82. The van der Waals surface area contributed by atoms with Crippen molar-refractivity contribution in [2.24, 2.45) is 5.73 Å². The van der Waals surface area contributed by atoms with Crippen molar-refractivity contribution in [3.05, 3.63) is 64.7 Å². The lowest BCUT2D eigenvalue weighted by Crippen LogP contribution is -2.11. The highest BCUT2D eigenvalue weighted by Gasteiger charge is 2.09. The zero-order chi connectivity index (χ0) is 19.6. The minimum atomic E-state index is -0.211. The molecule has 0 spiro atoms. The first-order valence-electron chi connectivity index (χ1n) is 9.42. The summed E-state index contributed by atoms with van der Waals surface area (Å²) in [6, 6.07) is 14.5. The molecule has 144 valence electrons. The van der Waals surface area contributed by atoms with E-state index in [4.69, 9.17) is 11.1 Å². The number of nitrogen functional groups attached to an aromatic ring is 1. The maximum atomic E-state index is 9.82. The predicted molar refractivity (Wildman–Crippen MR) is 110 cm³/mol. The summed E-state index contributed by atoms with van der Waals surface area (Å²) in [6.07, 6.45) is 5.06. The average Bonchev–Trinajstić information content (AvgIpc) is 2.67. The minimum absolute atomic E-state index is 0.115. The first kappa shape index (κ1) is 20.5. The van der Waals surface area contributed by atoms with Crippen LogP contribution in [-0.2, 0) is 28.9 Å². The third-order valence-corrected chi connectivity index (χ3v) is 4.46. The first-order chi connectivity index (χ1) is 13.0. The van der Waals surface area contributed by atoms with Crippen LogP contribution in [-0.4, -0.2) is 18.4 Å². The van der Waals surface area contributed by atoms with E-state index >= 15 is 0 Å². The van der Waals surface area contributed by atoms with Gasteiger partial charge in [-0.1, -0.05) is 30.3 Å². The molecule has 2 aromatic carbocycles. The van der Waals surface area contributed by atoms with Gasteiger partial charge in [-0.15, -0.1) is 0 Å². The van der Waals surface area contributed by atoms with Crippen molar-refractivity contribution in [3.8, 4) is 0 Å². The number of fused-ring (bicyclic) bond motifs is 1. The number of aryl methyl sites for hydroxylation is 2. The number of anilines is 1. The van der Waals surface area contributed by atoms with Crippen LogP contribution in [0, 0.1) is 5.41 Å². The van der Waals surface area contributed by atoms with Gasteiger partial charge in [0.05, 0.1) is 6.61 Å². The lowest BCUT2D eigenvalue weighted by Gasteiger charge is -2.17. The second-order valence-corrected chi connectivity index (χ2v) is 6.58. The summed E-state index contributed by atoms with van der Waals surface area (Å²) >= 11 is 0. The normalized spacial score (nSPS) is 12.2. The zero-order valence-electron chi connectivity index (χ0n) is 16.2. The second-order valence-electron chi connectivity index (χ2n) is 6.58. The second kappa shape index (κ2) is 10.4. The molecular formula is C22H29N3O2. The van der Waals surface area contributed by atoms with Crippen LogP contribution in [0.25, 0.3) is 0 Å². The van der Waals surface area contributed by atoms with E-state index in [2.05, 4.69) is 28.3 Å². The summed E-state index contributed by atoms with van der Waals surface area (Å²) in [5.74, 6) is -0.0957. The smallest absolute Gasteiger partial charge is 0.302 e. The summed E-state index contributed by atoms with van der Waals surface area (Å²) in [6.45, 7) is 4.44. The van der Waals surface area contributed by atoms with Crippen LogP contribution in [0.15, 0.2) is 42.5 Å². The van der Waals surface area contributed by atoms with Gasteiger partial charge in [0.1, 0.15) is 5.84 Å². The molecule has 0 fully saturated rings. The fourth-order valence-electron chi connectivity index (χ4n) is 3.05. The molecule has 4 N–H and O–H groups in total. The van der Waals surface area contributed by atoms with E-state index < -0.39 is 0 Å². The van der Waals surface area contributed by atoms with Gasteiger partial charge in [0.15, 0.2) is 0 Å². The fraction of sp³-hybridized carbons (Fsp3) is 0.364. The fourth-order valence-corrected chi connectivity index (χ4v) is 3.05. The van der Waals surface area contributed by atoms with E-state index in [-0.39, 0.29) is 11.8 Å². The number of carbonyl (C=O) groups excluding carboxylic acids is 1. The highest BCUT2D eigenvalue weighted by atomic mass is 16.5. The van der Waals surface area contributed by atoms with E-state index in [9.17, 15) is 4.79 Å². The van der Waals surface area contributed by atoms with Crippen LogP contribution in [0.4, 0.5) is 5.69 Å². The van der Waals surface area contributed by atoms with Gasteiger partial charge in [-0.2, -0.15) is 0 Å². The van der Waals surface area contributed by atoms with Gasteiger partial charge in [0.25, 0.3) is 0 Å². The minimum Gasteiger partial charge on any atom is -0.466 e. The lowest BCUT2D eigenvalue weighted by atomic mass is 9.91. The maximum Gasteiger partial charge on any atom is 0.302 e. The van der Waals surface area contributed by atoms with Crippen LogP contribution in [0.3, 0.4) is 0 Å². The number of esters is 1. The van der Waals surface area contributed by atoms with Crippen molar-refractivity contribution in [1.82, 2.24) is 0 Å². The molecule has 0 unspecified atom stereocenters. The summed E-state index contributed by atoms with van der Waals surface area (Å²) in [5, 5.41) is 10.9. The van der Waals surface area contributed by atoms with Gasteiger partial charge >= 0.3 is 5.97 Å². The van der Waals surface area contributed by atoms with Crippen molar-refractivity contribution < 1.29 is 9.53 Å². The molecule has 0 aliphatic heterocycles. The molecule has 0 atom stereocenters. The summed E-state index contributed by atoms with van der Waals surface area (Å²) in [4.78, 5) is 9.82. The Morgan fingerprint density at radius 3 is 2.33 bits per heavy atom. The van der Waals surface area contributed by atoms with Gasteiger partial charge in [0, 0.05) is 24.7 Å². The SMILES string of the molecule is CCOC(C)=O.N=C(N)c1ccc(CNc2ccc3c(c2)CCCC3)cc1. The lowest BCUT2D eigenvalue weighted by molar-refractivity contribution is -0.140. The topological polar surface area (TPSA) is 88.2 Å². The number of rotatable bonds is 5. The molecule has 0 aromatic heterocycles. The third-order valence-electron chi connectivity index (χ3n) is 4.46. The van der Waals surface area contributed by atoms with E-state index in [1.165, 1.54) is 55.0 Å². The Hall–Kier alpha value is -2.82. The van der Waals surface area contributed by atoms with Crippen molar-refractivity contribution in [3.63, 3.8) is 0 Å². The van der Waals surface area contributed by atoms with Gasteiger partial charge < -0.3 is 15.8 Å². The number of amidine groups is 1. The number of nitrogens with two attached hydrogens (primary N) is 1. The Balaban J connectivity index is 0.000000380. The van der Waals surface area contributed by atoms with Gasteiger partial charge in [-0.25, -0.2) is 0 Å². The van der Waals surface area contributed by atoms with Crippen molar-refractivity contribution in [2.45, 2.75) is 46.1 Å². The summed E-state index contributed by atoms with van der Waals surface area (Å²) < 4.78 is 4.40. The van der Waals surface area contributed by atoms with Gasteiger partial charge in [-0.3, -0.25) is 10.2 Å². The van der Waals surface area contributed by atoms with Gasteiger partial charge in [0.2, 0.25) is 0 Å². The number of carbonyl (C=O) groups is 1. The number of nitrogens with one attached hydrogen (secondary N) is 2. The van der Waals surface area contributed by atoms with E-state index in [1.807, 2.05) is 24.3 Å². The molecule has 3 rings (SSSR count). The Morgan fingerprint density at radius 2 is 1.78 bits per heavy atom. The molecule has 0 radical (unpaired) electrons. The quantitative estimate of drug-likeness (QED) is 0.423. The molecule has 5 heteroatoms. The molecule has 2 aromatic rings. The largest absolute Gasteiger partial charge is 0.466 e. The molecule has 0 amide bonds. The van der Waals surface area contributed by atoms with E-state index in [0.717, 1.165) is 12.1 Å². The van der Waals surface area contributed by atoms with E-state index in [0.29, 0.717) is 6.61 Å². The predicted octanol–water partition coefficient (Wildman–Crippen LogP) is 4.03. The van der Waals surface area contributed by atoms with Crippen LogP contribution in [0.2, 0.25) is 0 Å². The third kappa shape index (κ3) is 6.77. The van der Waals surface area contributed by atoms with Crippen molar-refractivity contribution >= 4 is 17.5 Å². The standard InChI is InChI=1S/C18H21N3.C4H8O2/c19-18(20)15-7-5-13(6-8-15)12-21-17-10-9-14-3-1-2-4-16(14)11-17;1-3-6-4(2)5/h5-11,21H,1-4,12H2,(H3,19,20);3H2,1-2H3. The highest BCUT2D eigenvalue weighted by molar-refractivity contribution is 5.94. The molecule has 27 heavy (non-hydrogen) atoms. The number of hydrogen-bond donors (Lipinski definition) is 3. The number of ether oxygens (including phenoxy) is 1. The Morgan fingerprint density at radius 1 is 1.11 bits per heavy atom. The Kier molecular flexibility index (Phi) is 7.86. The van der Waals surface area contributed by atoms with E-state index in [1.54, 1.807) is 6.92 Å². The summed E-state index contributed by atoms with van der Waals surface area (Å²) in [7, 11) is 0. The molecule has 5 nitrogen and oxygen atoms in total. The van der Waals surface area contributed by atoms with Crippen molar-refractivity contribution in [2.75, 3.05) is 11.9 Å². The Labute approximate surface area is 161 Å². The molecule has 0 saturated heterocycles. The zero-order valence-corrected chi connectivity index (χ0v) is 16.2.